The summed E-state index contributed by atoms with van der Waals surface area (Å²) in [4.78, 5) is 4.16. The van der Waals surface area contributed by atoms with Crippen molar-refractivity contribution >= 4 is 6.08 Å². The monoisotopic (exact) mass is 355 g/mol. The van der Waals surface area contributed by atoms with E-state index in [1.165, 1.54) is 35.2 Å². The van der Waals surface area contributed by atoms with Crippen LogP contribution in [0.1, 0.15) is 42.1 Å². The van der Waals surface area contributed by atoms with E-state index in [1.807, 2.05) is 12.4 Å². The van der Waals surface area contributed by atoms with Crippen LogP contribution in [0.25, 0.3) is 11.8 Å². The molecule has 27 heavy (non-hydrogen) atoms. The van der Waals surface area contributed by atoms with Gasteiger partial charge >= 0.3 is 0 Å². The molecule has 3 aromatic rings. The summed E-state index contributed by atoms with van der Waals surface area (Å²) in [6.07, 6.45) is 13.0. The third kappa shape index (κ3) is 2.73. The second-order valence-electron chi connectivity index (χ2n) is 8.36. The molecule has 0 aliphatic heterocycles. The number of aryl methyl sites for hydroxylation is 1. The summed E-state index contributed by atoms with van der Waals surface area (Å²) in [5.74, 6) is 0.682. The predicted molar refractivity (Wildman–Crippen MR) is 109 cm³/mol. The molecule has 0 amide bonds. The molecule has 2 heterocycles. The highest BCUT2D eigenvalue weighted by molar-refractivity contribution is 5.62. The lowest BCUT2D eigenvalue weighted by Crippen LogP contribution is -2.30. The molecule has 0 radical (unpaired) electrons. The summed E-state index contributed by atoms with van der Waals surface area (Å²) >= 11 is 0. The van der Waals surface area contributed by atoms with E-state index in [0.717, 1.165) is 18.5 Å². The second kappa shape index (κ2) is 6.19. The largest absolute Gasteiger partial charge is 0.265 e. The smallest absolute Gasteiger partial charge is 0.0700 e. The van der Waals surface area contributed by atoms with Crippen LogP contribution in [0, 0.1) is 18.3 Å². The summed E-state index contributed by atoms with van der Waals surface area (Å²) in [6.45, 7) is 4.58. The molecule has 3 nitrogen and oxygen atoms in total. The van der Waals surface area contributed by atoms with E-state index in [0.29, 0.717) is 5.92 Å². The minimum absolute atomic E-state index is 0.247. The van der Waals surface area contributed by atoms with Crippen LogP contribution in [0.5, 0.6) is 0 Å². The third-order valence-electron chi connectivity index (χ3n) is 6.66. The average molecular weight is 355 g/mol. The van der Waals surface area contributed by atoms with Gasteiger partial charge in [-0.25, -0.2) is 4.68 Å². The zero-order valence-electron chi connectivity index (χ0n) is 16.0. The number of nitrogens with zero attached hydrogens (tertiary/aromatic N) is 3. The molecule has 0 unspecified atom stereocenters. The number of fused-ring (bicyclic) bond motifs is 2. The molecule has 5 rings (SSSR count). The Morgan fingerprint density at radius 2 is 1.89 bits per heavy atom. The van der Waals surface area contributed by atoms with E-state index in [4.69, 9.17) is 5.10 Å². The maximum absolute atomic E-state index is 4.73. The maximum Gasteiger partial charge on any atom is 0.0700 e. The van der Waals surface area contributed by atoms with Gasteiger partial charge < -0.3 is 0 Å². The zero-order chi connectivity index (χ0) is 18.4. The SMILES string of the molecule is Cc1ccc(-n2ncc3c2C=C2CC[C@H](Cc4ccncc4)[C@@]2(C)C3)cc1. The van der Waals surface area contributed by atoms with Crippen molar-refractivity contribution in [2.45, 2.75) is 39.5 Å². The Balaban J connectivity index is 1.48. The van der Waals surface area contributed by atoms with Gasteiger partial charge in [0, 0.05) is 12.4 Å². The maximum atomic E-state index is 4.73. The number of allylic oxidation sites excluding steroid dienone is 1. The molecule has 0 saturated heterocycles. The molecule has 0 spiro atoms. The molecule has 1 aromatic carbocycles. The van der Waals surface area contributed by atoms with Crippen LogP contribution in [0.4, 0.5) is 0 Å². The van der Waals surface area contributed by atoms with E-state index < -0.39 is 0 Å². The first kappa shape index (κ1) is 16.5. The third-order valence-corrected chi connectivity index (χ3v) is 6.66. The van der Waals surface area contributed by atoms with Gasteiger partial charge in [-0.2, -0.15) is 5.10 Å². The lowest BCUT2D eigenvalue weighted by molar-refractivity contribution is 0.270. The Morgan fingerprint density at radius 1 is 1.11 bits per heavy atom. The summed E-state index contributed by atoms with van der Waals surface area (Å²) in [6, 6.07) is 13.0. The molecule has 0 bridgehead atoms. The minimum atomic E-state index is 0.247. The summed E-state index contributed by atoms with van der Waals surface area (Å²) < 4.78 is 2.11. The van der Waals surface area contributed by atoms with Crippen LogP contribution < -0.4 is 0 Å². The highest BCUT2D eigenvalue weighted by atomic mass is 15.3. The van der Waals surface area contributed by atoms with Gasteiger partial charge in [0.15, 0.2) is 0 Å². The molecular weight excluding hydrogens is 330 g/mol. The van der Waals surface area contributed by atoms with Gasteiger partial charge in [0.25, 0.3) is 0 Å². The lowest BCUT2D eigenvalue weighted by atomic mass is 9.68. The fourth-order valence-corrected chi connectivity index (χ4v) is 4.96. The van der Waals surface area contributed by atoms with Crippen LogP contribution in [0.3, 0.4) is 0 Å². The van der Waals surface area contributed by atoms with Crippen molar-refractivity contribution in [3.63, 3.8) is 0 Å². The second-order valence-corrected chi connectivity index (χ2v) is 8.36. The van der Waals surface area contributed by atoms with E-state index in [1.54, 1.807) is 5.57 Å². The summed E-state index contributed by atoms with van der Waals surface area (Å²) in [7, 11) is 0. The van der Waals surface area contributed by atoms with E-state index in [-0.39, 0.29) is 5.41 Å². The highest BCUT2D eigenvalue weighted by Gasteiger charge is 2.45. The van der Waals surface area contributed by atoms with Crippen LogP contribution >= 0.6 is 0 Å². The van der Waals surface area contributed by atoms with Gasteiger partial charge in [-0.05, 0) is 85.4 Å². The number of benzene rings is 1. The van der Waals surface area contributed by atoms with Gasteiger partial charge in [-0.1, -0.05) is 30.2 Å². The lowest BCUT2D eigenvalue weighted by Gasteiger charge is -2.36. The van der Waals surface area contributed by atoms with Crippen molar-refractivity contribution in [2.75, 3.05) is 0 Å². The fourth-order valence-electron chi connectivity index (χ4n) is 4.96. The van der Waals surface area contributed by atoms with Crippen molar-refractivity contribution < 1.29 is 0 Å². The normalized spacial score (nSPS) is 23.6. The highest BCUT2D eigenvalue weighted by Crippen LogP contribution is 2.54. The molecule has 3 heteroatoms. The Labute approximate surface area is 160 Å². The van der Waals surface area contributed by atoms with Crippen molar-refractivity contribution in [3.8, 4) is 5.69 Å². The van der Waals surface area contributed by atoms with Gasteiger partial charge in [-0.15, -0.1) is 0 Å². The Hall–Kier alpha value is -2.68. The van der Waals surface area contributed by atoms with E-state index >= 15 is 0 Å². The van der Waals surface area contributed by atoms with Crippen molar-refractivity contribution in [2.24, 2.45) is 11.3 Å². The van der Waals surface area contributed by atoms with Crippen LogP contribution in [0.15, 0.2) is 60.6 Å². The quantitative estimate of drug-likeness (QED) is 0.648. The Bertz CT molecular complexity index is 998. The first-order chi connectivity index (χ1) is 13.1. The van der Waals surface area contributed by atoms with Crippen LogP contribution in [-0.2, 0) is 12.8 Å². The van der Waals surface area contributed by atoms with Crippen molar-refractivity contribution in [3.05, 3.63) is 82.9 Å². The standard InChI is InChI=1S/C24H25N3/c1-17-3-7-22(8-4-17)27-23-14-21-6-5-20(13-18-9-11-25-12-10-18)24(21,2)15-19(23)16-26-27/h3-4,7-12,14,16,20H,5-6,13,15H2,1-2H3/t20-,24-/m1/s1. The molecule has 2 atom stereocenters. The van der Waals surface area contributed by atoms with Crippen molar-refractivity contribution in [1.82, 2.24) is 14.8 Å². The van der Waals surface area contributed by atoms with Crippen LogP contribution in [0.2, 0.25) is 0 Å². The van der Waals surface area contributed by atoms with E-state index in [9.17, 15) is 0 Å². The fraction of sp³-hybridized carbons (Fsp3) is 0.333. The molecule has 0 N–H and O–H groups in total. The first-order valence-electron chi connectivity index (χ1n) is 9.87. The predicted octanol–water partition coefficient (Wildman–Crippen LogP) is 5.17. The topological polar surface area (TPSA) is 30.7 Å². The molecule has 2 aliphatic carbocycles. The molecule has 1 fully saturated rings. The van der Waals surface area contributed by atoms with E-state index in [2.05, 4.69) is 72.2 Å². The van der Waals surface area contributed by atoms with Gasteiger partial charge in [0.1, 0.15) is 0 Å². The first-order valence-corrected chi connectivity index (χ1v) is 9.87. The molecular formula is C24H25N3. The summed E-state index contributed by atoms with van der Waals surface area (Å²) in [5.41, 5.74) is 8.33. The Morgan fingerprint density at radius 3 is 2.67 bits per heavy atom. The average Bonchev–Trinajstić information content (AvgIpc) is 3.22. The molecule has 2 aliphatic rings. The number of aromatic nitrogens is 3. The molecule has 136 valence electrons. The number of hydrogen-bond donors (Lipinski definition) is 0. The van der Waals surface area contributed by atoms with Gasteiger partial charge in [0.05, 0.1) is 17.6 Å². The zero-order valence-corrected chi connectivity index (χ0v) is 16.0. The molecule has 1 saturated carbocycles. The van der Waals surface area contributed by atoms with Crippen LogP contribution in [-0.4, -0.2) is 14.8 Å². The Kier molecular flexibility index (Phi) is 3.78. The minimum Gasteiger partial charge on any atom is -0.265 e. The number of pyridine rings is 1. The molecule has 2 aromatic heterocycles. The number of rotatable bonds is 3. The van der Waals surface area contributed by atoms with Gasteiger partial charge in [-0.3, -0.25) is 4.98 Å². The van der Waals surface area contributed by atoms with Gasteiger partial charge in [0.2, 0.25) is 0 Å². The summed E-state index contributed by atoms with van der Waals surface area (Å²) in [5, 5.41) is 4.73. The number of hydrogen-bond acceptors (Lipinski definition) is 2. The van der Waals surface area contributed by atoms with Crippen molar-refractivity contribution in [1.29, 1.82) is 0 Å².